The van der Waals surface area contributed by atoms with Crippen molar-refractivity contribution in [3.05, 3.63) is 64.5 Å². The predicted octanol–water partition coefficient (Wildman–Crippen LogP) is 4.83. The Hall–Kier alpha value is -1.74. The second-order valence-electron chi connectivity index (χ2n) is 7.43. The number of thiazole rings is 1. The van der Waals surface area contributed by atoms with E-state index in [0.29, 0.717) is 36.4 Å². The number of halogens is 1. The molecule has 8 heteroatoms. The van der Waals surface area contributed by atoms with Gasteiger partial charge in [-0.3, -0.25) is 0 Å². The summed E-state index contributed by atoms with van der Waals surface area (Å²) in [6.45, 7) is 6.43. The summed E-state index contributed by atoms with van der Waals surface area (Å²) >= 11 is 5.01. The van der Waals surface area contributed by atoms with Gasteiger partial charge in [-0.2, -0.15) is 4.31 Å². The number of aromatic nitrogens is 1. The summed E-state index contributed by atoms with van der Waals surface area (Å²) < 4.78 is 27.5. The lowest BCUT2D eigenvalue weighted by Crippen LogP contribution is -2.48. The lowest BCUT2D eigenvalue weighted by molar-refractivity contribution is 0.385. The number of hydrogen-bond donors (Lipinski definition) is 0. The standard InChI is InChI=1S/C22H24BrN3O2S2/c1-16-4-3-5-20(17(16)2)21-15-29-22(24-21)25-10-12-26(13-11-25)30(27,28)19-8-6-18(14-23)7-9-19/h3-9,15H,10-14H2,1-2H3. The maximum Gasteiger partial charge on any atom is 0.243 e. The molecule has 0 unspecified atom stereocenters. The highest BCUT2D eigenvalue weighted by atomic mass is 79.9. The molecule has 2 aromatic carbocycles. The van der Waals surface area contributed by atoms with Crippen LogP contribution in [0.1, 0.15) is 16.7 Å². The summed E-state index contributed by atoms with van der Waals surface area (Å²) in [5.74, 6) is 0. The fourth-order valence-corrected chi connectivity index (χ4v) is 6.26. The lowest BCUT2D eigenvalue weighted by atomic mass is 10.0. The molecule has 0 N–H and O–H groups in total. The third-order valence-corrected chi connectivity index (χ3v) is 9.06. The van der Waals surface area contributed by atoms with Gasteiger partial charge in [0.2, 0.25) is 10.0 Å². The van der Waals surface area contributed by atoms with Gasteiger partial charge >= 0.3 is 0 Å². The van der Waals surface area contributed by atoms with Crippen LogP contribution in [0.25, 0.3) is 11.3 Å². The average molecular weight is 506 g/mol. The van der Waals surface area contributed by atoms with E-state index in [9.17, 15) is 8.42 Å². The highest BCUT2D eigenvalue weighted by Crippen LogP contribution is 2.31. The molecule has 2 heterocycles. The number of sulfonamides is 1. The molecule has 0 spiro atoms. The first kappa shape index (κ1) is 21.5. The van der Waals surface area contributed by atoms with Crippen molar-refractivity contribution < 1.29 is 8.42 Å². The molecule has 0 radical (unpaired) electrons. The Labute approximate surface area is 190 Å². The molecule has 0 saturated carbocycles. The van der Waals surface area contributed by atoms with Crippen molar-refractivity contribution >= 4 is 42.4 Å². The topological polar surface area (TPSA) is 53.5 Å². The van der Waals surface area contributed by atoms with E-state index in [1.54, 1.807) is 27.8 Å². The highest BCUT2D eigenvalue weighted by Gasteiger charge is 2.29. The van der Waals surface area contributed by atoms with Crippen molar-refractivity contribution in [1.82, 2.24) is 9.29 Å². The molecule has 158 valence electrons. The van der Waals surface area contributed by atoms with Crippen LogP contribution in [0.4, 0.5) is 5.13 Å². The maximum absolute atomic E-state index is 13.0. The summed E-state index contributed by atoms with van der Waals surface area (Å²) in [6, 6.07) is 13.4. The smallest absolute Gasteiger partial charge is 0.243 e. The van der Waals surface area contributed by atoms with E-state index in [1.165, 1.54) is 11.1 Å². The minimum absolute atomic E-state index is 0.354. The Morgan fingerprint density at radius 2 is 1.73 bits per heavy atom. The molecule has 0 amide bonds. The summed E-state index contributed by atoms with van der Waals surface area (Å²) in [7, 11) is -3.47. The molecule has 0 bridgehead atoms. The number of hydrogen-bond acceptors (Lipinski definition) is 5. The summed E-state index contributed by atoms with van der Waals surface area (Å²) in [6.07, 6.45) is 0. The van der Waals surface area contributed by atoms with Gasteiger partial charge in [-0.1, -0.05) is 46.3 Å². The van der Waals surface area contributed by atoms with E-state index in [0.717, 1.165) is 22.0 Å². The number of alkyl halides is 1. The number of rotatable bonds is 5. The van der Waals surface area contributed by atoms with E-state index in [2.05, 4.69) is 58.3 Å². The van der Waals surface area contributed by atoms with Crippen molar-refractivity contribution in [2.24, 2.45) is 0 Å². The van der Waals surface area contributed by atoms with Crippen molar-refractivity contribution in [1.29, 1.82) is 0 Å². The number of benzene rings is 2. The van der Waals surface area contributed by atoms with Crippen LogP contribution in [-0.2, 0) is 15.4 Å². The molecule has 1 aromatic heterocycles. The Kier molecular flexibility index (Phi) is 6.29. The van der Waals surface area contributed by atoms with Crippen molar-refractivity contribution in [3.8, 4) is 11.3 Å². The van der Waals surface area contributed by atoms with Gasteiger partial charge in [-0.25, -0.2) is 13.4 Å². The van der Waals surface area contributed by atoms with E-state index in [4.69, 9.17) is 4.98 Å². The van der Waals surface area contributed by atoms with Crippen molar-refractivity contribution in [3.63, 3.8) is 0 Å². The minimum atomic E-state index is -3.47. The highest BCUT2D eigenvalue weighted by molar-refractivity contribution is 9.08. The molecular formula is C22H24BrN3O2S2. The summed E-state index contributed by atoms with van der Waals surface area (Å²) in [5.41, 5.74) is 5.70. The van der Waals surface area contributed by atoms with Gasteiger partial charge in [-0.05, 0) is 42.7 Å². The third kappa shape index (κ3) is 4.19. The van der Waals surface area contributed by atoms with Crippen LogP contribution in [0.5, 0.6) is 0 Å². The van der Waals surface area contributed by atoms with Crippen LogP contribution in [0, 0.1) is 13.8 Å². The van der Waals surface area contributed by atoms with E-state index in [1.807, 2.05) is 12.1 Å². The molecule has 0 aliphatic carbocycles. The molecule has 30 heavy (non-hydrogen) atoms. The van der Waals surface area contributed by atoms with Gasteiger partial charge in [0.1, 0.15) is 0 Å². The van der Waals surface area contributed by atoms with Gasteiger partial charge in [-0.15, -0.1) is 11.3 Å². The Bertz CT molecular complexity index is 1140. The molecule has 1 fully saturated rings. The number of aryl methyl sites for hydroxylation is 1. The number of anilines is 1. The van der Waals surface area contributed by atoms with E-state index in [-0.39, 0.29) is 0 Å². The normalized spacial score (nSPS) is 15.5. The van der Waals surface area contributed by atoms with E-state index >= 15 is 0 Å². The molecule has 1 aliphatic rings. The number of nitrogens with zero attached hydrogens (tertiary/aromatic N) is 3. The van der Waals surface area contributed by atoms with Gasteiger partial charge in [0.25, 0.3) is 0 Å². The van der Waals surface area contributed by atoms with Crippen molar-refractivity contribution in [2.45, 2.75) is 24.1 Å². The zero-order chi connectivity index (χ0) is 21.3. The predicted molar refractivity (Wildman–Crippen MR) is 127 cm³/mol. The second-order valence-corrected chi connectivity index (χ2v) is 10.8. The molecule has 1 saturated heterocycles. The molecule has 5 nitrogen and oxygen atoms in total. The van der Waals surface area contributed by atoms with Gasteiger partial charge in [0.05, 0.1) is 10.6 Å². The lowest BCUT2D eigenvalue weighted by Gasteiger charge is -2.33. The Balaban J connectivity index is 1.46. The molecule has 1 aliphatic heterocycles. The summed E-state index contributed by atoms with van der Waals surface area (Å²) in [5, 5.41) is 3.75. The van der Waals surface area contributed by atoms with Crippen LogP contribution >= 0.6 is 27.3 Å². The van der Waals surface area contributed by atoms with Gasteiger partial charge in [0.15, 0.2) is 5.13 Å². The quantitative estimate of drug-likeness (QED) is 0.465. The zero-order valence-corrected chi connectivity index (χ0v) is 20.2. The van der Waals surface area contributed by atoms with Crippen molar-refractivity contribution in [2.75, 3.05) is 31.1 Å². The van der Waals surface area contributed by atoms with Crippen LogP contribution in [0.3, 0.4) is 0 Å². The summed E-state index contributed by atoms with van der Waals surface area (Å²) in [4.78, 5) is 7.38. The van der Waals surface area contributed by atoms with Crippen LogP contribution in [-0.4, -0.2) is 43.9 Å². The van der Waals surface area contributed by atoms with Gasteiger partial charge in [0, 0.05) is 42.5 Å². The zero-order valence-electron chi connectivity index (χ0n) is 17.0. The Morgan fingerprint density at radius 3 is 2.40 bits per heavy atom. The fraction of sp³-hybridized carbons (Fsp3) is 0.318. The van der Waals surface area contributed by atoms with E-state index < -0.39 is 10.0 Å². The molecule has 3 aromatic rings. The maximum atomic E-state index is 13.0. The average Bonchev–Trinajstić information content (AvgIpc) is 3.26. The number of piperazine rings is 1. The van der Waals surface area contributed by atoms with Gasteiger partial charge < -0.3 is 4.90 Å². The molecular weight excluding hydrogens is 482 g/mol. The van der Waals surface area contributed by atoms with Crippen LogP contribution in [0.2, 0.25) is 0 Å². The SMILES string of the molecule is Cc1cccc(-c2csc(N3CCN(S(=O)(=O)c4ccc(CBr)cc4)CC3)n2)c1C. The molecule has 4 rings (SSSR count). The Morgan fingerprint density at radius 1 is 1.03 bits per heavy atom. The first-order valence-electron chi connectivity index (χ1n) is 9.82. The largest absolute Gasteiger partial charge is 0.345 e. The first-order chi connectivity index (χ1) is 14.4. The first-order valence-corrected chi connectivity index (χ1v) is 13.3. The van der Waals surface area contributed by atoms with Crippen LogP contribution < -0.4 is 4.90 Å². The second kappa shape index (κ2) is 8.78. The monoisotopic (exact) mass is 505 g/mol. The molecule has 0 atom stereocenters. The third-order valence-electron chi connectivity index (χ3n) is 5.60. The fourth-order valence-electron chi connectivity index (χ4n) is 3.58. The minimum Gasteiger partial charge on any atom is -0.345 e. The van der Waals surface area contributed by atoms with Crippen LogP contribution in [0.15, 0.2) is 52.7 Å².